The number of rotatable bonds is 6. The molecular weight excluding hydrogens is 390 g/mol. The van der Waals surface area contributed by atoms with Crippen molar-refractivity contribution in [2.45, 2.75) is 38.5 Å². The van der Waals surface area contributed by atoms with Gasteiger partial charge in [0.1, 0.15) is 0 Å². The lowest BCUT2D eigenvalue weighted by molar-refractivity contribution is 0.0474. The monoisotopic (exact) mass is 415 g/mol. The summed E-state index contributed by atoms with van der Waals surface area (Å²) < 4.78 is 31.7. The minimum Gasteiger partial charge on any atom is -0.454 e. The van der Waals surface area contributed by atoms with E-state index in [9.17, 15) is 18.0 Å². The summed E-state index contributed by atoms with van der Waals surface area (Å²) in [4.78, 5) is 24.9. The Labute approximate surface area is 171 Å². The molecular formula is C22H25NO5S. The second kappa shape index (κ2) is 8.47. The first kappa shape index (κ1) is 21.2. The number of carbonyl (C=O) groups is 2. The van der Waals surface area contributed by atoms with Crippen molar-refractivity contribution >= 4 is 21.8 Å². The Kier molecular flexibility index (Phi) is 6.19. The van der Waals surface area contributed by atoms with Crippen LogP contribution in [0.1, 0.15) is 50.2 Å². The van der Waals surface area contributed by atoms with Gasteiger partial charge in [-0.2, -0.15) is 4.31 Å². The van der Waals surface area contributed by atoms with Crippen LogP contribution < -0.4 is 0 Å². The molecule has 0 radical (unpaired) electrons. The first-order valence-corrected chi connectivity index (χ1v) is 11.0. The van der Waals surface area contributed by atoms with Crippen LogP contribution >= 0.6 is 0 Å². The molecule has 2 aromatic rings. The van der Waals surface area contributed by atoms with Crippen LogP contribution in [0.25, 0.3) is 0 Å². The molecule has 1 heterocycles. The Morgan fingerprint density at radius 1 is 0.966 bits per heavy atom. The lowest BCUT2D eigenvalue weighted by Crippen LogP contribution is -2.27. The second-order valence-electron chi connectivity index (χ2n) is 7.41. The molecule has 0 aliphatic carbocycles. The van der Waals surface area contributed by atoms with E-state index in [-0.39, 0.29) is 22.8 Å². The number of benzene rings is 2. The number of sulfonamides is 1. The number of carbonyl (C=O) groups excluding carboxylic acids is 2. The lowest BCUT2D eigenvalue weighted by atomic mass is 9.97. The predicted molar refractivity (Wildman–Crippen MR) is 110 cm³/mol. The van der Waals surface area contributed by atoms with Gasteiger partial charge >= 0.3 is 5.97 Å². The Balaban J connectivity index is 1.66. The standard InChI is InChI=1S/C22H25NO5S/c1-15-12-16(2)21(17(3)13-15)20(24)14-28-22(25)18-6-8-19(9-7-18)29(26,27)23-10-4-5-11-23/h6-9,12-13H,4-5,10-11,14H2,1-3H3. The van der Waals surface area contributed by atoms with Crippen LogP contribution in [-0.2, 0) is 14.8 Å². The minimum atomic E-state index is -3.53. The quantitative estimate of drug-likeness (QED) is 0.533. The topological polar surface area (TPSA) is 80.8 Å². The Hall–Kier alpha value is -2.51. The molecule has 154 valence electrons. The maximum absolute atomic E-state index is 12.5. The number of ether oxygens (including phenoxy) is 1. The van der Waals surface area contributed by atoms with E-state index < -0.39 is 16.0 Å². The molecule has 1 aliphatic rings. The van der Waals surface area contributed by atoms with Crippen LogP contribution in [-0.4, -0.2) is 44.2 Å². The molecule has 0 bridgehead atoms. The average Bonchev–Trinajstić information content (AvgIpc) is 3.21. The van der Waals surface area contributed by atoms with E-state index in [1.807, 2.05) is 32.9 Å². The molecule has 0 amide bonds. The van der Waals surface area contributed by atoms with Gasteiger partial charge < -0.3 is 4.74 Å². The van der Waals surface area contributed by atoms with Crippen molar-refractivity contribution < 1.29 is 22.7 Å². The predicted octanol–water partition coefficient (Wildman–Crippen LogP) is 3.44. The summed E-state index contributed by atoms with van der Waals surface area (Å²) in [5.41, 5.74) is 3.53. The normalized spacial score (nSPS) is 14.7. The van der Waals surface area contributed by atoms with E-state index in [2.05, 4.69) is 0 Å². The molecule has 29 heavy (non-hydrogen) atoms. The smallest absolute Gasteiger partial charge is 0.338 e. The SMILES string of the molecule is Cc1cc(C)c(C(=O)COC(=O)c2ccc(S(=O)(=O)N3CCCC3)cc2)c(C)c1. The first-order chi connectivity index (χ1) is 13.7. The molecule has 0 spiro atoms. The van der Waals surface area contributed by atoms with Crippen molar-refractivity contribution in [3.63, 3.8) is 0 Å². The van der Waals surface area contributed by atoms with Crippen molar-refractivity contribution in [2.24, 2.45) is 0 Å². The summed E-state index contributed by atoms with van der Waals surface area (Å²) in [6, 6.07) is 9.47. The highest BCUT2D eigenvalue weighted by Gasteiger charge is 2.27. The van der Waals surface area contributed by atoms with Gasteiger partial charge in [-0.3, -0.25) is 4.79 Å². The van der Waals surface area contributed by atoms with Gasteiger partial charge in [0.25, 0.3) is 0 Å². The molecule has 0 saturated carbocycles. The molecule has 0 unspecified atom stereocenters. The summed E-state index contributed by atoms with van der Waals surface area (Å²) in [7, 11) is -3.53. The number of hydrogen-bond acceptors (Lipinski definition) is 5. The van der Waals surface area contributed by atoms with Crippen LogP contribution in [0.5, 0.6) is 0 Å². The first-order valence-electron chi connectivity index (χ1n) is 9.58. The fraction of sp³-hybridized carbons (Fsp3) is 0.364. The third-order valence-corrected chi connectivity index (χ3v) is 7.00. The zero-order chi connectivity index (χ0) is 21.2. The van der Waals surface area contributed by atoms with Crippen molar-refractivity contribution in [1.82, 2.24) is 4.31 Å². The molecule has 0 atom stereocenters. The van der Waals surface area contributed by atoms with Gasteiger partial charge in [-0.15, -0.1) is 0 Å². The van der Waals surface area contributed by atoms with Gasteiger partial charge in [0.15, 0.2) is 6.61 Å². The van der Waals surface area contributed by atoms with E-state index in [4.69, 9.17) is 4.74 Å². The second-order valence-corrected chi connectivity index (χ2v) is 9.35. The average molecular weight is 416 g/mol. The van der Waals surface area contributed by atoms with Crippen molar-refractivity contribution in [3.05, 3.63) is 64.2 Å². The molecule has 2 aromatic carbocycles. The summed E-state index contributed by atoms with van der Waals surface area (Å²) in [5, 5.41) is 0. The van der Waals surface area contributed by atoms with Crippen LogP contribution in [0.2, 0.25) is 0 Å². The molecule has 0 N–H and O–H groups in total. The third-order valence-electron chi connectivity index (χ3n) is 5.08. The van der Waals surface area contributed by atoms with E-state index in [1.165, 1.54) is 28.6 Å². The van der Waals surface area contributed by atoms with Gasteiger partial charge in [-0.05, 0) is 69.0 Å². The zero-order valence-corrected chi connectivity index (χ0v) is 17.7. The Morgan fingerprint density at radius 3 is 2.07 bits per heavy atom. The summed E-state index contributed by atoms with van der Waals surface area (Å²) in [6.07, 6.45) is 1.72. The minimum absolute atomic E-state index is 0.151. The molecule has 3 rings (SSSR count). The van der Waals surface area contributed by atoms with Gasteiger partial charge in [-0.1, -0.05) is 17.7 Å². The molecule has 1 aliphatic heterocycles. The fourth-order valence-corrected chi connectivity index (χ4v) is 5.26. The number of hydrogen-bond donors (Lipinski definition) is 0. The Morgan fingerprint density at radius 2 is 1.52 bits per heavy atom. The van der Waals surface area contributed by atoms with Crippen LogP contribution in [0.3, 0.4) is 0 Å². The number of aryl methyl sites for hydroxylation is 3. The van der Waals surface area contributed by atoms with Crippen LogP contribution in [0, 0.1) is 20.8 Å². The summed E-state index contributed by atoms with van der Waals surface area (Å²) in [6.45, 7) is 6.35. The highest BCUT2D eigenvalue weighted by atomic mass is 32.2. The number of nitrogens with zero attached hydrogens (tertiary/aromatic N) is 1. The summed E-state index contributed by atoms with van der Waals surface area (Å²) >= 11 is 0. The van der Waals surface area contributed by atoms with E-state index in [0.29, 0.717) is 18.7 Å². The Bertz CT molecular complexity index is 1010. The van der Waals surface area contributed by atoms with E-state index in [1.54, 1.807) is 0 Å². The van der Waals surface area contributed by atoms with Gasteiger partial charge in [0.05, 0.1) is 10.5 Å². The molecule has 0 aromatic heterocycles. The van der Waals surface area contributed by atoms with Crippen molar-refractivity contribution in [2.75, 3.05) is 19.7 Å². The highest BCUT2D eigenvalue weighted by molar-refractivity contribution is 7.89. The van der Waals surface area contributed by atoms with Crippen molar-refractivity contribution in [1.29, 1.82) is 0 Å². The maximum Gasteiger partial charge on any atom is 0.338 e. The van der Waals surface area contributed by atoms with Crippen LogP contribution in [0.15, 0.2) is 41.3 Å². The molecule has 7 heteroatoms. The molecule has 6 nitrogen and oxygen atoms in total. The van der Waals surface area contributed by atoms with E-state index >= 15 is 0 Å². The van der Waals surface area contributed by atoms with E-state index in [0.717, 1.165) is 29.5 Å². The van der Waals surface area contributed by atoms with Gasteiger partial charge in [0.2, 0.25) is 15.8 Å². The number of esters is 1. The number of Topliss-reactive ketones (excluding diaryl/α,β-unsaturated/α-hetero) is 1. The third kappa shape index (κ3) is 4.57. The molecule has 1 saturated heterocycles. The van der Waals surface area contributed by atoms with Gasteiger partial charge in [0, 0.05) is 18.7 Å². The zero-order valence-electron chi connectivity index (χ0n) is 16.9. The van der Waals surface area contributed by atoms with Crippen molar-refractivity contribution in [3.8, 4) is 0 Å². The molecule has 1 fully saturated rings. The lowest BCUT2D eigenvalue weighted by Gasteiger charge is -2.15. The fourth-order valence-electron chi connectivity index (χ4n) is 3.75. The maximum atomic E-state index is 12.5. The van der Waals surface area contributed by atoms with Crippen LogP contribution in [0.4, 0.5) is 0 Å². The van der Waals surface area contributed by atoms with Gasteiger partial charge in [-0.25, -0.2) is 13.2 Å². The largest absolute Gasteiger partial charge is 0.454 e. The highest BCUT2D eigenvalue weighted by Crippen LogP contribution is 2.21. The number of ketones is 1. The summed E-state index contributed by atoms with van der Waals surface area (Å²) in [5.74, 6) is -0.924.